The molecule has 3 nitrogen and oxygen atoms in total. The van der Waals surface area contributed by atoms with Crippen LogP contribution in [0.3, 0.4) is 0 Å². The Morgan fingerprint density at radius 2 is 2.24 bits per heavy atom. The molecule has 1 heterocycles. The molecule has 0 bridgehead atoms. The molecule has 0 radical (unpaired) electrons. The second-order valence-electron chi connectivity index (χ2n) is 3.64. The van der Waals surface area contributed by atoms with Crippen molar-refractivity contribution in [2.45, 2.75) is 19.4 Å². The largest absolute Gasteiger partial charge is 0.382 e. The first-order valence-corrected chi connectivity index (χ1v) is 7.49. The van der Waals surface area contributed by atoms with E-state index >= 15 is 0 Å². The van der Waals surface area contributed by atoms with Gasteiger partial charge in [0.15, 0.2) is 0 Å². The van der Waals surface area contributed by atoms with Crippen molar-refractivity contribution < 1.29 is 9.47 Å². The van der Waals surface area contributed by atoms with Gasteiger partial charge >= 0.3 is 0 Å². The molecule has 1 aromatic rings. The first kappa shape index (κ1) is 15.1. The summed E-state index contributed by atoms with van der Waals surface area (Å²) in [4.78, 5) is 1.35. The highest BCUT2D eigenvalue weighted by Gasteiger charge is 2.14. The van der Waals surface area contributed by atoms with Gasteiger partial charge in [-0.15, -0.1) is 11.3 Å². The van der Waals surface area contributed by atoms with E-state index in [9.17, 15) is 0 Å². The lowest BCUT2D eigenvalue weighted by Gasteiger charge is -2.17. The lowest BCUT2D eigenvalue weighted by Crippen LogP contribution is -2.22. The molecule has 0 aliphatic heterocycles. The summed E-state index contributed by atoms with van der Waals surface area (Å²) >= 11 is 5.36. The molecule has 17 heavy (non-hydrogen) atoms. The lowest BCUT2D eigenvalue weighted by atomic mass is 10.2. The second-order valence-corrected chi connectivity index (χ2v) is 5.44. The van der Waals surface area contributed by atoms with Gasteiger partial charge in [-0.2, -0.15) is 0 Å². The summed E-state index contributed by atoms with van der Waals surface area (Å²) in [5.41, 5.74) is 0. The summed E-state index contributed by atoms with van der Waals surface area (Å²) in [5, 5.41) is 5.59. The fourth-order valence-electron chi connectivity index (χ4n) is 1.57. The number of nitrogens with one attached hydrogen (secondary N) is 1. The number of thiophene rings is 1. The minimum atomic E-state index is 0.372. The van der Waals surface area contributed by atoms with Crippen molar-refractivity contribution in [2.24, 2.45) is 0 Å². The normalized spacial score (nSPS) is 12.9. The Morgan fingerprint density at radius 3 is 2.82 bits per heavy atom. The summed E-state index contributed by atoms with van der Waals surface area (Å²) < 4.78 is 11.6. The van der Waals surface area contributed by atoms with Crippen molar-refractivity contribution >= 4 is 27.3 Å². The third-order valence-electron chi connectivity index (χ3n) is 2.39. The van der Waals surface area contributed by atoms with Crippen LogP contribution in [-0.2, 0) is 9.47 Å². The maximum atomic E-state index is 5.51. The van der Waals surface area contributed by atoms with E-state index in [4.69, 9.17) is 9.47 Å². The van der Waals surface area contributed by atoms with Gasteiger partial charge in [0.2, 0.25) is 0 Å². The SMILES string of the molecule is CCNC(CCOCCOC)c1sccc1Br. The fraction of sp³-hybridized carbons (Fsp3) is 0.667. The Balaban J connectivity index is 2.36. The molecule has 0 saturated carbocycles. The third kappa shape index (κ3) is 5.48. The number of ether oxygens (including phenoxy) is 2. The van der Waals surface area contributed by atoms with Gasteiger partial charge in [-0.25, -0.2) is 0 Å². The molecular weight excluding hydrogens is 302 g/mol. The highest BCUT2D eigenvalue weighted by molar-refractivity contribution is 9.10. The number of rotatable bonds is 9. The topological polar surface area (TPSA) is 30.5 Å². The molecule has 1 unspecified atom stereocenters. The summed E-state index contributed by atoms with van der Waals surface area (Å²) in [6, 6.07) is 2.47. The summed E-state index contributed by atoms with van der Waals surface area (Å²) in [7, 11) is 1.69. The Bertz CT molecular complexity index is 306. The van der Waals surface area contributed by atoms with Crippen molar-refractivity contribution in [1.82, 2.24) is 5.32 Å². The highest BCUT2D eigenvalue weighted by atomic mass is 79.9. The van der Waals surface area contributed by atoms with Crippen LogP contribution in [0, 0.1) is 0 Å². The van der Waals surface area contributed by atoms with Gasteiger partial charge in [0.05, 0.1) is 13.2 Å². The molecule has 0 saturated heterocycles. The Hall–Kier alpha value is 0.0600. The van der Waals surface area contributed by atoms with Gasteiger partial charge in [0, 0.05) is 29.1 Å². The molecule has 0 aromatic carbocycles. The van der Waals surface area contributed by atoms with Gasteiger partial charge in [-0.05, 0) is 40.3 Å². The van der Waals surface area contributed by atoms with Crippen molar-refractivity contribution in [3.05, 3.63) is 20.8 Å². The van der Waals surface area contributed by atoms with E-state index in [1.165, 1.54) is 9.35 Å². The molecule has 1 atom stereocenters. The van der Waals surface area contributed by atoms with Gasteiger partial charge in [0.25, 0.3) is 0 Å². The molecular formula is C12H20BrNO2S. The highest BCUT2D eigenvalue weighted by Crippen LogP contribution is 2.30. The van der Waals surface area contributed by atoms with E-state index in [1.54, 1.807) is 18.4 Å². The molecule has 0 aliphatic rings. The van der Waals surface area contributed by atoms with E-state index in [2.05, 4.69) is 39.6 Å². The Morgan fingerprint density at radius 1 is 1.41 bits per heavy atom. The molecule has 0 amide bonds. The van der Waals surface area contributed by atoms with Gasteiger partial charge < -0.3 is 14.8 Å². The summed E-state index contributed by atoms with van der Waals surface area (Å²) in [5.74, 6) is 0. The molecule has 5 heteroatoms. The van der Waals surface area contributed by atoms with E-state index in [0.29, 0.717) is 19.3 Å². The first-order valence-electron chi connectivity index (χ1n) is 5.82. The van der Waals surface area contributed by atoms with Crippen molar-refractivity contribution in [2.75, 3.05) is 33.5 Å². The smallest absolute Gasteiger partial charge is 0.0700 e. The molecule has 1 aromatic heterocycles. The van der Waals surface area contributed by atoms with Crippen LogP contribution >= 0.6 is 27.3 Å². The van der Waals surface area contributed by atoms with E-state index in [1.807, 2.05) is 0 Å². The van der Waals surface area contributed by atoms with Crippen LogP contribution < -0.4 is 5.32 Å². The van der Waals surface area contributed by atoms with Crippen LogP contribution in [0.1, 0.15) is 24.3 Å². The van der Waals surface area contributed by atoms with E-state index in [0.717, 1.165) is 19.6 Å². The van der Waals surface area contributed by atoms with E-state index < -0.39 is 0 Å². The number of hydrogen-bond donors (Lipinski definition) is 1. The summed E-state index contributed by atoms with van der Waals surface area (Å²) in [6.07, 6.45) is 0.983. The molecule has 98 valence electrons. The predicted octanol–water partition coefficient (Wildman–Crippen LogP) is 3.21. The number of hydrogen-bond acceptors (Lipinski definition) is 4. The summed E-state index contributed by atoms with van der Waals surface area (Å²) in [6.45, 7) is 5.17. The van der Waals surface area contributed by atoms with Crippen LogP contribution in [0.2, 0.25) is 0 Å². The van der Waals surface area contributed by atoms with Crippen molar-refractivity contribution in [1.29, 1.82) is 0 Å². The van der Waals surface area contributed by atoms with Crippen LogP contribution in [0.15, 0.2) is 15.9 Å². The second kappa shape index (κ2) is 9.05. The average Bonchev–Trinajstić information content (AvgIpc) is 2.74. The van der Waals surface area contributed by atoms with Gasteiger partial charge in [-0.1, -0.05) is 6.92 Å². The fourth-order valence-corrected chi connectivity index (χ4v) is 3.33. The van der Waals surface area contributed by atoms with Crippen LogP contribution in [0.4, 0.5) is 0 Å². The number of methoxy groups -OCH3 is 1. The van der Waals surface area contributed by atoms with Gasteiger partial charge in [0.1, 0.15) is 0 Å². The van der Waals surface area contributed by atoms with Gasteiger partial charge in [-0.3, -0.25) is 0 Å². The predicted molar refractivity (Wildman–Crippen MR) is 75.7 cm³/mol. The average molecular weight is 322 g/mol. The Labute approximate surface area is 116 Å². The van der Waals surface area contributed by atoms with Crippen LogP contribution in [-0.4, -0.2) is 33.5 Å². The zero-order chi connectivity index (χ0) is 12.5. The number of halogens is 1. The lowest BCUT2D eigenvalue weighted by molar-refractivity contribution is 0.0659. The molecule has 0 spiro atoms. The molecule has 1 N–H and O–H groups in total. The van der Waals surface area contributed by atoms with Crippen molar-refractivity contribution in [3.8, 4) is 0 Å². The molecule has 0 fully saturated rings. The van der Waals surface area contributed by atoms with Crippen LogP contribution in [0.5, 0.6) is 0 Å². The van der Waals surface area contributed by atoms with E-state index in [-0.39, 0.29) is 0 Å². The maximum Gasteiger partial charge on any atom is 0.0700 e. The minimum absolute atomic E-state index is 0.372. The molecule has 1 rings (SSSR count). The standard InChI is InChI=1S/C12H20BrNO2S/c1-3-14-11(4-6-16-8-7-15-2)12-10(13)5-9-17-12/h5,9,11,14H,3-4,6-8H2,1-2H3. The zero-order valence-corrected chi connectivity index (χ0v) is 12.8. The maximum absolute atomic E-state index is 5.51. The molecule has 0 aliphatic carbocycles. The monoisotopic (exact) mass is 321 g/mol. The quantitative estimate of drug-likeness (QED) is 0.708. The van der Waals surface area contributed by atoms with Crippen LogP contribution in [0.25, 0.3) is 0 Å². The zero-order valence-electron chi connectivity index (χ0n) is 10.4. The third-order valence-corrected chi connectivity index (χ3v) is 4.38. The Kier molecular flexibility index (Phi) is 8.05. The minimum Gasteiger partial charge on any atom is -0.382 e. The first-order chi connectivity index (χ1) is 8.29. The van der Waals surface area contributed by atoms with Crippen molar-refractivity contribution in [3.63, 3.8) is 0 Å².